The lowest BCUT2D eigenvalue weighted by Gasteiger charge is -2.31. The lowest BCUT2D eigenvalue weighted by atomic mass is 9.99. The van der Waals surface area contributed by atoms with Crippen LogP contribution in [0.3, 0.4) is 0 Å². The fraction of sp³-hybridized carbons (Fsp3) is 0.625. The zero-order chi connectivity index (χ0) is 13.8. The van der Waals surface area contributed by atoms with E-state index in [0.29, 0.717) is 0 Å². The fourth-order valence-electron chi connectivity index (χ4n) is 2.82. The number of aliphatic hydroxyl groups is 1. The first-order valence-electron chi connectivity index (χ1n) is 7.27. The van der Waals surface area contributed by atoms with Crippen LogP contribution in [0, 0.1) is 0 Å². The lowest BCUT2D eigenvalue weighted by Crippen LogP contribution is -2.42. The van der Waals surface area contributed by atoms with Crippen molar-refractivity contribution < 1.29 is 5.11 Å². The Morgan fingerprint density at radius 1 is 1.21 bits per heavy atom. The van der Waals surface area contributed by atoms with Crippen LogP contribution in [0.5, 0.6) is 0 Å². The van der Waals surface area contributed by atoms with E-state index >= 15 is 0 Å². The molecule has 2 atom stereocenters. The Morgan fingerprint density at radius 3 is 2.53 bits per heavy atom. The summed E-state index contributed by atoms with van der Waals surface area (Å²) in [6.45, 7) is 5.24. The molecule has 0 spiro atoms. The molecule has 0 radical (unpaired) electrons. The molecule has 1 aromatic carbocycles. The maximum absolute atomic E-state index is 10.7. The van der Waals surface area contributed by atoms with E-state index in [2.05, 4.69) is 55.1 Å². The van der Waals surface area contributed by atoms with Crippen molar-refractivity contribution in [3.63, 3.8) is 0 Å². The highest BCUT2D eigenvalue weighted by molar-refractivity contribution is 5.25. The summed E-state index contributed by atoms with van der Waals surface area (Å²) >= 11 is 0. The van der Waals surface area contributed by atoms with Gasteiger partial charge in [-0.05, 0) is 51.2 Å². The molecule has 3 nitrogen and oxygen atoms in total. The highest BCUT2D eigenvalue weighted by Gasteiger charge is 2.28. The minimum Gasteiger partial charge on any atom is -0.387 e. The van der Waals surface area contributed by atoms with E-state index < -0.39 is 6.10 Å². The first kappa shape index (κ1) is 14.5. The molecule has 1 fully saturated rings. The van der Waals surface area contributed by atoms with Crippen LogP contribution in [0.4, 0.5) is 0 Å². The largest absolute Gasteiger partial charge is 0.387 e. The van der Waals surface area contributed by atoms with Crippen molar-refractivity contribution in [1.82, 2.24) is 9.80 Å². The summed E-state index contributed by atoms with van der Waals surface area (Å²) in [7, 11) is 4.26. The maximum Gasteiger partial charge on any atom is 0.0957 e. The van der Waals surface area contributed by atoms with Gasteiger partial charge in [-0.2, -0.15) is 0 Å². The molecule has 0 amide bonds. The summed E-state index contributed by atoms with van der Waals surface area (Å²) in [6.07, 6.45) is 1.81. The third-order valence-corrected chi connectivity index (χ3v) is 4.21. The third-order valence-electron chi connectivity index (χ3n) is 4.21. The van der Waals surface area contributed by atoms with Gasteiger partial charge in [0.15, 0.2) is 0 Å². The quantitative estimate of drug-likeness (QED) is 0.901. The Morgan fingerprint density at radius 2 is 1.89 bits per heavy atom. The number of aliphatic hydroxyl groups excluding tert-OH is 1. The molecular weight excluding hydrogens is 236 g/mol. The summed E-state index contributed by atoms with van der Waals surface area (Å²) in [5, 5.41) is 10.7. The summed E-state index contributed by atoms with van der Waals surface area (Å²) < 4.78 is 0. The van der Waals surface area contributed by atoms with Crippen LogP contribution in [-0.4, -0.2) is 54.7 Å². The second kappa shape index (κ2) is 6.51. The van der Waals surface area contributed by atoms with Gasteiger partial charge in [-0.15, -0.1) is 0 Å². The van der Waals surface area contributed by atoms with Crippen molar-refractivity contribution in [3.05, 3.63) is 35.4 Å². The van der Waals surface area contributed by atoms with E-state index in [4.69, 9.17) is 0 Å². The standard InChI is InChI=1S/C16H26N2O/c1-4-13-6-8-14(9-7-13)16(19)15-12-17(2)10-5-11-18(15)3/h6-9,15-16,19H,4-5,10-12H2,1-3H3. The van der Waals surface area contributed by atoms with Crippen molar-refractivity contribution in [2.75, 3.05) is 33.7 Å². The lowest BCUT2D eigenvalue weighted by molar-refractivity contribution is 0.0572. The first-order valence-corrected chi connectivity index (χ1v) is 7.27. The molecule has 3 heteroatoms. The van der Waals surface area contributed by atoms with Crippen LogP contribution in [0.1, 0.15) is 30.6 Å². The SMILES string of the molecule is CCc1ccc(C(O)C2CN(C)CCCN2C)cc1. The van der Waals surface area contributed by atoms with Gasteiger partial charge in [-0.3, -0.25) is 4.90 Å². The van der Waals surface area contributed by atoms with Gasteiger partial charge in [0, 0.05) is 6.54 Å². The van der Waals surface area contributed by atoms with Crippen molar-refractivity contribution in [1.29, 1.82) is 0 Å². The minimum atomic E-state index is -0.406. The van der Waals surface area contributed by atoms with Crippen LogP contribution in [-0.2, 0) is 6.42 Å². The maximum atomic E-state index is 10.7. The van der Waals surface area contributed by atoms with Crippen molar-refractivity contribution in [2.45, 2.75) is 31.9 Å². The Bertz CT molecular complexity index is 390. The number of benzene rings is 1. The minimum absolute atomic E-state index is 0.181. The van der Waals surface area contributed by atoms with E-state index in [-0.39, 0.29) is 6.04 Å². The molecule has 1 aromatic rings. The Labute approximate surface area is 116 Å². The van der Waals surface area contributed by atoms with Gasteiger partial charge in [-0.1, -0.05) is 31.2 Å². The van der Waals surface area contributed by atoms with Gasteiger partial charge < -0.3 is 10.0 Å². The van der Waals surface area contributed by atoms with Gasteiger partial charge in [-0.25, -0.2) is 0 Å². The smallest absolute Gasteiger partial charge is 0.0957 e. The number of aryl methyl sites for hydroxylation is 1. The summed E-state index contributed by atoms with van der Waals surface area (Å²) in [6, 6.07) is 8.57. The monoisotopic (exact) mass is 262 g/mol. The average Bonchev–Trinajstić information content (AvgIpc) is 2.60. The molecule has 0 aromatic heterocycles. The van der Waals surface area contributed by atoms with Gasteiger partial charge >= 0.3 is 0 Å². The van der Waals surface area contributed by atoms with Crippen LogP contribution in [0.25, 0.3) is 0 Å². The van der Waals surface area contributed by atoms with Crippen LogP contribution in [0.2, 0.25) is 0 Å². The number of likely N-dealkylation sites (N-methyl/N-ethyl adjacent to an activating group) is 2. The van der Waals surface area contributed by atoms with E-state index in [9.17, 15) is 5.11 Å². The number of hydrogen-bond acceptors (Lipinski definition) is 3. The molecule has 1 heterocycles. The molecule has 2 rings (SSSR count). The number of hydrogen-bond donors (Lipinski definition) is 1. The second-order valence-electron chi connectivity index (χ2n) is 5.70. The van der Waals surface area contributed by atoms with E-state index in [1.165, 1.54) is 12.0 Å². The Kier molecular flexibility index (Phi) is 4.97. The fourth-order valence-corrected chi connectivity index (χ4v) is 2.82. The molecular formula is C16H26N2O. The molecule has 1 saturated heterocycles. The molecule has 0 bridgehead atoms. The Hall–Kier alpha value is -0.900. The molecule has 0 saturated carbocycles. The van der Waals surface area contributed by atoms with E-state index in [0.717, 1.165) is 31.6 Å². The molecule has 1 N–H and O–H groups in total. The van der Waals surface area contributed by atoms with Crippen molar-refractivity contribution in [2.24, 2.45) is 0 Å². The summed E-state index contributed by atoms with van der Waals surface area (Å²) in [5.41, 5.74) is 2.35. The van der Waals surface area contributed by atoms with Gasteiger partial charge in [0.1, 0.15) is 0 Å². The molecule has 2 unspecified atom stereocenters. The first-order chi connectivity index (χ1) is 9.11. The van der Waals surface area contributed by atoms with Gasteiger partial charge in [0.25, 0.3) is 0 Å². The molecule has 19 heavy (non-hydrogen) atoms. The normalized spacial score (nSPS) is 24.1. The van der Waals surface area contributed by atoms with Crippen LogP contribution in [0.15, 0.2) is 24.3 Å². The highest BCUT2D eigenvalue weighted by Crippen LogP contribution is 2.23. The number of rotatable bonds is 3. The molecule has 1 aliphatic heterocycles. The van der Waals surface area contributed by atoms with Crippen molar-refractivity contribution >= 4 is 0 Å². The zero-order valence-electron chi connectivity index (χ0n) is 12.3. The summed E-state index contributed by atoms with van der Waals surface area (Å²) in [4.78, 5) is 4.61. The van der Waals surface area contributed by atoms with Crippen LogP contribution < -0.4 is 0 Å². The molecule has 106 valence electrons. The van der Waals surface area contributed by atoms with Crippen molar-refractivity contribution in [3.8, 4) is 0 Å². The van der Waals surface area contributed by atoms with E-state index in [1.807, 2.05) is 0 Å². The zero-order valence-corrected chi connectivity index (χ0v) is 12.3. The molecule has 1 aliphatic rings. The van der Waals surface area contributed by atoms with Gasteiger partial charge in [0.05, 0.1) is 12.1 Å². The topological polar surface area (TPSA) is 26.7 Å². The predicted molar refractivity (Wildman–Crippen MR) is 79.3 cm³/mol. The summed E-state index contributed by atoms with van der Waals surface area (Å²) in [5.74, 6) is 0. The predicted octanol–water partition coefficient (Wildman–Crippen LogP) is 1.92. The average molecular weight is 262 g/mol. The third kappa shape index (κ3) is 3.56. The van der Waals surface area contributed by atoms with Gasteiger partial charge in [0.2, 0.25) is 0 Å². The van der Waals surface area contributed by atoms with Crippen LogP contribution >= 0.6 is 0 Å². The van der Waals surface area contributed by atoms with E-state index in [1.54, 1.807) is 0 Å². The highest BCUT2D eigenvalue weighted by atomic mass is 16.3. The number of nitrogens with zero attached hydrogens (tertiary/aromatic N) is 2. The molecule has 0 aliphatic carbocycles. The Balaban J connectivity index is 2.13. The second-order valence-corrected chi connectivity index (χ2v) is 5.70.